The smallest absolute Gasteiger partial charge is 0.262 e. The number of ether oxygens (including phenoxy) is 1. The summed E-state index contributed by atoms with van der Waals surface area (Å²) in [6.07, 6.45) is 0.988. The molecule has 3 rings (SSSR count). The number of carbonyl (C=O) groups is 1. The number of anilines is 2. The molecule has 0 spiro atoms. The van der Waals surface area contributed by atoms with Crippen LogP contribution in [0.2, 0.25) is 0 Å². The van der Waals surface area contributed by atoms with Gasteiger partial charge in [0.05, 0.1) is 0 Å². The van der Waals surface area contributed by atoms with E-state index in [1.54, 1.807) is 0 Å². The molecule has 2 aromatic carbocycles. The zero-order valence-electron chi connectivity index (χ0n) is 12.3. The van der Waals surface area contributed by atoms with Gasteiger partial charge in [0.2, 0.25) is 0 Å². The minimum atomic E-state index is -0.333. The maximum atomic E-state index is 12.8. The van der Waals surface area contributed by atoms with E-state index in [2.05, 4.69) is 17.3 Å². The molecule has 1 heterocycles. The van der Waals surface area contributed by atoms with Gasteiger partial charge in [0.25, 0.3) is 5.91 Å². The van der Waals surface area contributed by atoms with Crippen LogP contribution in [0.5, 0.6) is 5.75 Å². The average Bonchev–Trinajstić information content (AvgIpc) is 2.88. The van der Waals surface area contributed by atoms with E-state index < -0.39 is 0 Å². The van der Waals surface area contributed by atoms with Gasteiger partial charge in [-0.3, -0.25) is 4.79 Å². The van der Waals surface area contributed by atoms with Crippen molar-refractivity contribution < 1.29 is 13.9 Å². The van der Waals surface area contributed by atoms with Crippen molar-refractivity contribution in [3.8, 4) is 5.75 Å². The number of rotatable bonds is 4. The second-order valence-electron chi connectivity index (χ2n) is 5.31. The number of nitrogens with zero attached hydrogens (tertiary/aromatic N) is 1. The number of amides is 1. The van der Waals surface area contributed by atoms with E-state index in [1.165, 1.54) is 35.5 Å². The Hall–Kier alpha value is -2.56. The Balaban J connectivity index is 1.57. The third-order valence-corrected chi connectivity index (χ3v) is 3.67. The first-order valence-corrected chi connectivity index (χ1v) is 7.14. The Morgan fingerprint density at radius 2 is 2.05 bits per heavy atom. The zero-order chi connectivity index (χ0) is 15.5. The van der Waals surface area contributed by atoms with Crippen LogP contribution in [-0.4, -0.2) is 26.1 Å². The monoisotopic (exact) mass is 300 g/mol. The minimum Gasteiger partial charge on any atom is -0.484 e. The molecule has 0 fully saturated rings. The van der Waals surface area contributed by atoms with Crippen molar-refractivity contribution in [3.63, 3.8) is 0 Å². The van der Waals surface area contributed by atoms with Crippen molar-refractivity contribution in [1.82, 2.24) is 0 Å². The van der Waals surface area contributed by atoms with Crippen molar-refractivity contribution >= 4 is 17.3 Å². The van der Waals surface area contributed by atoms with E-state index in [1.807, 2.05) is 18.2 Å². The molecule has 0 atom stereocenters. The number of hydrogen-bond donors (Lipinski definition) is 1. The first kappa shape index (κ1) is 14.4. The van der Waals surface area contributed by atoms with Gasteiger partial charge in [-0.1, -0.05) is 0 Å². The van der Waals surface area contributed by atoms with E-state index >= 15 is 0 Å². The lowest BCUT2D eigenvalue weighted by Crippen LogP contribution is -2.20. The summed E-state index contributed by atoms with van der Waals surface area (Å²) in [5.41, 5.74) is 3.21. The summed E-state index contributed by atoms with van der Waals surface area (Å²) in [5, 5.41) is 2.81. The van der Waals surface area contributed by atoms with Crippen molar-refractivity contribution in [3.05, 3.63) is 53.8 Å². The van der Waals surface area contributed by atoms with Crippen LogP contribution in [0.3, 0.4) is 0 Å². The summed E-state index contributed by atoms with van der Waals surface area (Å²) in [6.45, 7) is 0.892. The first-order chi connectivity index (χ1) is 10.6. The van der Waals surface area contributed by atoms with Gasteiger partial charge in [-0.25, -0.2) is 4.39 Å². The van der Waals surface area contributed by atoms with E-state index in [0.29, 0.717) is 5.75 Å². The first-order valence-electron chi connectivity index (χ1n) is 7.14. The standard InChI is InChI=1S/C17H17FN2O2/c1-20-9-8-12-10-14(4-7-16(12)20)19-17(21)11-22-15-5-2-13(18)3-6-15/h2-7,10H,8-9,11H2,1H3,(H,19,21). The Morgan fingerprint density at radius 3 is 2.82 bits per heavy atom. The maximum absolute atomic E-state index is 12.8. The molecule has 114 valence electrons. The average molecular weight is 300 g/mol. The second kappa shape index (κ2) is 6.05. The Labute approximate surface area is 128 Å². The highest BCUT2D eigenvalue weighted by Crippen LogP contribution is 2.29. The van der Waals surface area contributed by atoms with E-state index in [4.69, 9.17) is 4.74 Å². The molecule has 0 radical (unpaired) electrons. The molecule has 0 unspecified atom stereocenters. The van der Waals surface area contributed by atoms with Crippen LogP contribution in [0, 0.1) is 5.82 Å². The Bertz CT molecular complexity index is 686. The molecule has 1 aliphatic rings. The van der Waals surface area contributed by atoms with Crippen molar-refractivity contribution in [2.45, 2.75) is 6.42 Å². The van der Waals surface area contributed by atoms with Gasteiger partial charge in [-0.05, 0) is 54.4 Å². The van der Waals surface area contributed by atoms with Gasteiger partial charge in [-0.15, -0.1) is 0 Å². The van der Waals surface area contributed by atoms with Crippen molar-refractivity contribution in [1.29, 1.82) is 0 Å². The number of nitrogens with one attached hydrogen (secondary N) is 1. The summed E-state index contributed by atoms with van der Waals surface area (Å²) >= 11 is 0. The fourth-order valence-electron chi connectivity index (χ4n) is 2.52. The predicted octanol–water partition coefficient (Wildman–Crippen LogP) is 2.84. The lowest BCUT2D eigenvalue weighted by molar-refractivity contribution is -0.118. The highest BCUT2D eigenvalue weighted by atomic mass is 19.1. The highest BCUT2D eigenvalue weighted by Gasteiger charge is 2.16. The Kier molecular flexibility index (Phi) is 3.96. The van der Waals surface area contributed by atoms with Gasteiger partial charge in [0.1, 0.15) is 11.6 Å². The molecule has 1 amide bonds. The predicted molar refractivity (Wildman–Crippen MR) is 83.9 cm³/mol. The van der Waals surface area contributed by atoms with Crippen molar-refractivity contribution in [2.24, 2.45) is 0 Å². The quantitative estimate of drug-likeness (QED) is 0.944. The number of likely N-dealkylation sites (N-methyl/N-ethyl adjacent to an activating group) is 1. The van der Waals surface area contributed by atoms with Gasteiger partial charge in [-0.2, -0.15) is 0 Å². The van der Waals surface area contributed by atoms with Crippen LogP contribution in [0.1, 0.15) is 5.56 Å². The molecule has 0 aliphatic carbocycles. The van der Waals surface area contributed by atoms with Gasteiger partial charge in [0.15, 0.2) is 6.61 Å². The molecule has 0 saturated heterocycles. The second-order valence-corrected chi connectivity index (χ2v) is 5.31. The van der Waals surface area contributed by atoms with Crippen LogP contribution in [0.4, 0.5) is 15.8 Å². The molecule has 2 aromatic rings. The lowest BCUT2D eigenvalue weighted by Gasteiger charge is -2.12. The van der Waals surface area contributed by atoms with Gasteiger partial charge in [0, 0.05) is 25.0 Å². The zero-order valence-corrected chi connectivity index (χ0v) is 12.3. The molecule has 22 heavy (non-hydrogen) atoms. The number of benzene rings is 2. The summed E-state index contributed by atoms with van der Waals surface area (Å²) in [5.74, 6) is -0.109. The molecule has 5 heteroatoms. The molecule has 0 aromatic heterocycles. The van der Waals surface area contributed by atoms with Crippen molar-refractivity contribution in [2.75, 3.05) is 30.4 Å². The third kappa shape index (κ3) is 3.19. The summed E-state index contributed by atoms with van der Waals surface area (Å²) < 4.78 is 18.1. The number of carbonyl (C=O) groups excluding carboxylic acids is 1. The van der Waals surface area contributed by atoms with Gasteiger partial charge >= 0.3 is 0 Å². The van der Waals surface area contributed by atoms with Crippen LogP contribution < -0.4 is 15.0 Å². The van der Waals surface area contributed by atoms with Crippen LogP contribution in [-0.2, 0) is 11.2 Å². The molecular weight excluding hydrogens is 283 g/mol. The number of hydrogen-bond acceptors (Lipinski definition) is 3. The topological polar surface area (TPSA) is 41.6 Å². The Morgan fingerprint density at radius 1 is 1.27 bits per heavy atom. The van der Waals surface area contributed by atoms with E-state index in [-0.39, 0.29) is 18.3 Å². The summed E-state index contributed by atoms with van der Waals surface area (Å²) in [4.78, 5) is 14.1. The number of halogens is 1. The molecular formula is C17H17FN2O2. The molecule has 1 N–H and O–H groups in total. The van der Waals surface area contributed by atoms with Crippen LogP contribution >= 0.6 is 0 Å². The largest absolute Gasteiger partial charge is 0.484 e. The van der Waals surface area contributed by atoms with Crippen LogP contribution in [0.25, 0.3) is 0 Å². The third-order valence-electron chi connectivity index (χ3n) is 3.67. The minimum absolute atomic E-state index is 0.109. The fraction of sp³-hybridized carbons (Fsp3) is 0.235. The molecule has 0 bridgehead atoms. The maximum Gasteiger partial charge on any atom is 0.262 e. The lowest BCUT2D eigenvalue weighted by atomic mass is 10.1. The van der Waals surface area contributed by atoms with E-state index in [9.17, 15) is 9.18 Å². The highest BCUT2D eigenvalue weighted by molar-refractivity contribution is 5.92. The number of fused-ring (bicyclic) bond motifs is 1. The van der Waals surface area contributed by atoms with Gasteiger partial charge < -0.3 is 15.0 Å². The summed E-state index contributed by atoms with van der Waals surface area (Å²) in [7, 11) is 2.06. The molecule has 0 saturated carbocycles. The van der Waals surface area contributed by atoms with E-state index in [0.717, 1.165) is 18.7 Å². The fourth-order valence-corrected chi connectivity index (χ4v) is 2.52. The molecule has 1 aliphatic heterocycles. The normalized spacial score (nSPS) is 12.9. The molecule has 4 nitrogen and oxygen atoms in total. The van der Waals surface area contributed by atoms with Crippen LogP contribution in [0.15, 0.2) is 42.5 Å². The summed E-state index contributed by atoms with van der Waals surface area (Å²) in [6, 6.07) is 11.5. The SMILES string of the molecule is CN1CCc2cc(NC(=O)COc3ccc(F)cc3)ccc21.